The molecule has 104 valence electrons. The van der Waals surface area contributed by atoms with E-state index in [2.05, 4.69) is 17.6 Å². The smallest absolute Gasteiger partial charge is 0.224 e. The molecule has 3 atom stereocenters. The highest BCUT2D eigenvalue weighted by molar-refractivity contribution is 6.31. The van der Waals surface area contributed by atoms with Crippen molar-refractivity contribution in [1.29, 1.82) is 0 Å². The zero-order valence-corrected chi connectivity index (χ0v) is 12.2. The van der Waals surface area contributed by atoms with Crippen LogP contribution in [-0.4, -0.2) is 24.5 Å². The van der Waals surface area contributed by atoms with E-state index in [0.717, 1.165) is 30.0 Å². The Morgan fingerprint density at radius 2 is 2.26 bits per heavy atom. The third-order valence-corrected chi connectivity index (χ3v) is 4.10. The summed E-state index contributed by atoms with van der Waals surface area (Å²) in [5.41, 5.74) is 1.08. The van der Waals surface area contributed by atoms with Crippen molar-refractivity contribution >= 4 is 17.5 Å². The summed E-state index contributed by atoms with van der Waals surface area (Å²) in [4.78, 5) is 12.2. The molecule has 0 aromatic heterocycles. The predicted molar refractivity (Wildman–Crippen MR) is 78.3 cm³/mol. The van der Waals surface area contributed by atoms with Crippen molar-refractivity contribution in [2.75, 3.05) is 6.54 Å². The van der Waals surface area contributed by atoms with Crippen molar-refractivity contribution in [3.05, 3.63) is 34.9 Å². The van der Waals surface area contributed by atoms with Crippen molar-refractivity contribution < 1.29 is 4.79 Å². The Bertz CT molecular complexity index is 450. The predicted octanol–water partition coefficient (Wildman–Crippen LogP) is 2.39. The van der Waals surface area contributed by atoms with Gasteiger partial charge in [-0.05, 0) is 44.9 Å². The second kappa shape index (κ2) is 6.40. The number of hydrogen-bond acceptors (Lipinski definition) is 2. The fourth-order valence-electron chi connectivity index (χ4n) is 2.61. The van der Waals surface area contributed by atoms with Crippen LogP contribution in [0.5, 0.6) is 0 Å². The first-order valence-corrected chi connectivity index (χ1v) is 7.23. The maximum atomic E-state index is 12.2. The SMILES string of the molecule is CC(Cc1ccccc1Cl)NC(=O)C1CCNC1C. The molecule has 19 heavy (non-hydrogen) atoms. The molecule has 0 spiro atoms. The molecule has 0 aliphatic carbocycles. The molecule has 1 aromatic rings. The van der Waals surface area contributed by atoms with Crippen LogP contribution >= 0.6 is 11.6 Å². The van der Waals surface area contributed by atoms with Gasteiger partial charge >= 0.3 is 0 Å². The lowest BCUT2D eigenvalue weighted by molar-refractivity contribution is -0.125. The summed E-state index contributed by atoms with van der Waals surface area (Å²) in [6.45, 7) is 5.02. The second-order valence-electron chi connectivity index (χ2n) is 5.34. The van der Waals surface area contributed by atoms with Gasteiger partial charge in [0.15, 0.2) is 0 Å². The summed E-state index contributed by atoms with van der Waals surface area (Å²) in [6, 6.07) is 8.14. The molecule has 0 bridgehead atoms. The summed E-state index contributed by atoms with van der Waals surface area (Å²) in [7, 11) is 0. The van der Waals surface area contributed by atoms with Gasteiger partial charge in [-0.1, -0.05) is 29.8 Å². The molecule has 1 aliphatic rings. The van der Waals surface area contributed by atoms with Gasteiger partial charge in [-0.25, -0.2) is 0 Å². The number of hydrogen-bond donors (Lipinski definition) is 2. The van der Waals surface area contributed by atoms with Gasteiger partial charge in [-0.15, -0.1) is 0 Å². The van der Waals surface area contributed by atoms with Crippen molar-refractivity contribution in [2.24, 2.45) is 5.92 Å². The van der Waals surface area contributed by atoms with Crippen LogP contribution < -0.4 is 10.6 Å². The Balaban J connectivity index is 1.89. The van der Waals surface area contributed by atoms with Gasteiger partial charge in [-0.2, -0.15) is 0 Å². The first kappa shape index (κ1) is 14.4. The first-order chi connectivity index (χ1) is 9.08. The topological polar surface area (TPSA) is 41.1 Å². The van der Waals surface area contributed by atoms with E-state index in [9.17, 15) is 4.79 Å². The Labute approximate surface area is 119 Å². The molecule has 3 nitrogen and oxygen atoms in total. The summed E-state index contributed by atoms with van der Waals surface area (Å²) in [6.07, 6.45) is 1.69. The molecule has 2 N–H and O–H groups in total. The minimum atomic E-state index is 0.0914. The lowest BCUT2D eigenvalue weighted by atomic mass is 10.00. The number of nitrogens with one attached hydrogen (secondary N) is 2. The van der Waals surface area contributed by atoms with Crippen LogP contribution in [0.3, 0.4) is 0 Å². The summed E-state index contributed by atoms with van der Waals surface area (Å²) in [5.74, 6) is 0.241. The maximum absolute atomic E-state index is 12.2. The van der Waals surface area contributed by atoms with Crippen LogP contribution in [0.25, 0.3) is 0 Å². The van der Waals surface area contributed by atoms with Gasteiger partial charge < -0.3 is 10.6 Å². The molecule has 4 heteroatoms. The average Bonchev–Trinajstić information content (AvgIpc) is 2.78. The molecule has 0 radical (unpaired) electrons. The highest BCUT2D eigenvalue weighted by atomic mass is 35.5. The van der Waals surface area contributed by atoms with Crippen LogP contribution in [-0.2, 0) is 11.2 Å². The normalized spacial score (nSPS) is 24.2. The third-order valence-electron chi connectivity index (χ3n) is 3.73. The van der Waals surface area contributed by atoms with Crippen LogP contribution in [0.2, 0.25) is 5.02 Å². The van der Waals surface area contributed by atoms with E-state index >= 15 is 0 Å². The lowest BCUT2D eigenvalue weighted by Crippen LogP contribution is -2.41. The molecule has 3 unspecified atom stereocenters. The summed E-state index contributed by atoms with van der Waals surface area (Å²) < 4.78 is 0. The Morgan fingerprint density at radius 1 is 1.53 bits per heavy atom. The maximum Gasteiger partial charge on any atom is 0.224 e. The highest BCUT2D eigenvalue weighted by Gasteiger charge is 2.29. The zero-order chi connectivity index (χ0) is 13.8. The van der Waals surface area contributed by atoms with Gasteiger partial charge in [0.05, 0.1) is 5.92 Å². The largest absolute Gasteiger partial charge is 0.353 e. The van der Waals surface area contributed by atoms with E-state index in [1.54, 1.807) is 0 Å². The van der Waals surface area contributed by atoms with E-state index in [-0.39, 0.29) is 23.9 Å². The molecule has 1 fully saturated rings. The molecular formula is C15H21ClN2O. The minimum absolute atomic E-state index is 0.0914. The Hall–Kier alpha value is -1.06. The van der Waals surface area contributed by atoms with E-state index in [0.29, 0.717) is 0 Å². The van der Waals surface area contributed by atoms with Crippen molar-refractivity contribution in [2.45, 2.75) is 38.8 Å². The van der Waals surface area contributed by atoms with Gasteiger partial charge in [0.1, 0.15) is 0 Å². The van der Waals surface area contributed by atoms with Crippen molar-refractivity contribution in [3.63, 3.8) is 0 Å². The van der Waals surface area contributed by atoms with Crippen molar-refractivity contribution in [3.8, 4) is 0 Å². The average molecular weight is 281 g/mol. The van der Waals surface area contributed by atoms with Gasteiger partial charge in [0.2, 0.25) is 5.91 Å². The molecular weight excluding hydrogens is 260 g/mol. The lowest BCUT2D eigenvalue weighted by Gasteiger charge is -2.19. The Morgan fingerprint density at radius 3 is 2.89 bits per heavy atom. The Kier molecular flexibility index (Phi) is 4.83. The highest BCUT2D eigenvalue weighted by Crippen LogP contribution is 2.18. The van der Waals surface area contributed by atoms with Gasteiger partial charge in [0, 0.05) is 17.1 Å². The van der Waals surface area contributed by atoms with Crippen LogP contribution in [0.1, 0.15) is 25.8 Å². The van der Waals surface area contributed by atoms with E-state index in [1.807, 2.05) is 31.2 Å². The monoisotopic (exact) mass is 280 g/mol. The number of carbonyl (C=O) groups is 1. The molecule has 1 aromatic carbocycles. The molecule has 1 saturated heterocycles. The number of benzene rings is 1. The molecule has 1 aliphatic heterocycles. The number of halogens is 1. The van der Waals surface area contributed by atoms with E-state index in [1.165, 1.54) is 0 Å². The van der Waals surface area contributed by atoms with Crippen LogP contribution in [0.4, 0.5) is 0 Å². The van der Waals surface area contributed by atoms with E-state index in [4.69, 9.17) is 11.6 Å². The molecule has 1 heterocycles. The standard InChI is InChI=1S/C15H21ClN2O/c1-10(9-12-5-3-4-6-14(12)16)18-15(19)13-7-8-17-11(13)2/h3-6,10-11,13,17H,7-9H2,1-2H3,(H,18,19). The number of amides is 1. The van der Waals surface area contributed by atoms with Gasteiger partial charge in [-0.3, -0.25) is 4.79 Å². The number of rotatable bonds is 4. The molecule has 0 saturated carbocycles. The fraction of sp³-hybridized carbons (Fsp3) is 0.533. The zero-order valence-electron chi connectivity index (χ0n) is 11.4. The third kappa shape index (κ3) is 3.71. The molecule has 1 amide bonds. The quantitative estimate of drug-likeness (QED) is 0.889. The van der Waals surface area contributed by atoms with Crippen molar-refractivity contribution in [1.82, 2.24) is 10.6 Å². The van der Waals surface area contributed by atoms with Crippen LogP contribution in [0, 0.1) is 5.92 Å². The number of carbonyl (C=O) groups excluding carboxylic acids is 1. The second-order valence-corrected chi connectivity index (χ2v) is 5.75. The fourth-order valence-corrected chi connectivity index (χ4v) is 2.82. The van der Waals surface area contributed by atoms with E-state index < -0.39 is 0 Å². The summed E-state index contributed by atoms with van der Waals surface area (Å²) >= 11 is 6.13. The molecule has 2 rings (SSSR count). The van der Waals surface area contributed by atoms with Gasteiger partial charge in [0.25, 0.3) is 0 Å². The summed E-state index contributed by atoms with van der Waals surface area (Å²) in [5, 5.41) is 7.15. The first-order valence-electron chi connectivity index (χ1n) is 6.85. The minimum Gasteiger partial charge on any atom is -0.353 e. The van der Waals surface area contributed by atoms with Crippen LogP contribution in [0.15, 0.2) is 24.3 Å².